The standard InChI is InChI=1S/C12H15ClN2O/c1-10-2-3-11(13)8-12(10)15-6-4-14(9-16)5-7-15/h2-3,8-9H,4-7H2,1H3. The van der Waals surface area contributed by atoms with E-state index in [0.717, 1.165) is 37.6 Å². The van der Waals surface area contributed by atoms with E-state index in [9.17, 15) is 4.79 Å². The maximum atomic E-state index is 10.6. The molecule has 1 aliphatic heterocycles. The Morgan fingerprint density at radius 1 is 1.25 bits per heavy atom. The van der Waals surface area contributed by atoms with Gasteiger partial charge in [0, 0.05) is 36.9 Å². The van der Waals surface area contributed by atoms with Gasteiger partial charge in [0.2, 0.25) is 6.41 Å². The average Bonchev–Trinajstić information content (AvgIpc) is 2.32. The van der Waals surface area contributed by atoms with Gasteiger partial charge in [-0.3, -0.25) is 4.79 Å². The van der Waals surface area contributed by atoms with Crippen LogP contribution in [-0.4, -0.2) is 37.5 Å². The molecule has 16 heavy (non-hydrogen) atoms. The lowest BCUT2D eigenvalue weighted by atomic mass is 10.1. The molecule has 86 valence electrons. The predicted octanol–water partition coefficient (Wildman–Crippen LogP) is 1.93. The number of hydrogen-bond acceptors (Lipinski definition) is 2. The van der Waals surface area contributed by atoms with Crippen LogP contribution in [0.2, 0.25) is 5.02 Å². The zero-order valence-corrected chi connectivity index (χ0v) is 10.1. The summed E-state index contributed by atoms with van der Waals surface area (Å²) in [5.41, 5.74) is 2.40. The normalized spacial score (nSPS) is 16.4. The van der Waals surface area contributed by atoms with Crippen LogP contribution in [0.15, 0.2) is 18.2 Å². The summed E-state index contributed by atoms with van der Waals surface area (Å²) in [6.07, 6.45) is 0.919. The Bertz CT molecular complexity index is 387. The Morgan fingerprint density at radius 3 is 2.56 bits per heavy atom. The lowest BCUT2D eigenvalue weighted by Gasteiger charge is -2.35. The van der Waals surface area contributed by atoms with Crippen LogP contribution in [0, 0.1) is 6.92 Å². The topological polar surface area (TPSA) is 23.6 Å². The predicted molar refractivity (Wildman–Crippen MR) is 66.0 cm³/mol. The Balaban J connectivity index is 2.13. The van der Waals surface area contributed by atoms with Crippen molar-refractivity contribution in [3.63, 3.8) is 0 Å². The third-order valence-corrected chi connectivity index (χ3v) is 3.21. The fourth-order valence-electron chi connectivity index (χ4n) is 1.99. The SMILES string of the molecule is Cc1ccc(Cl)cc1N1CCN(C=O)CC1. The number of amides is 1. The molecule has 1 saturated heterocycles. The van der Waals surface area contributed by atoms with Crippen LogP contribution in [0.3, 0.4) is 0 Å². The van der Waals surface area contributed by atoms with Gasteiger partial charge in [-0.05, 0) is 24.6 Å². The molecule has 1 heterocycles. The number of carbonyl (C=O) groups excluding carboxylic acids is 1. The molecule has 0 saturated carbocycles. The largest absolute Gasteiger partial charge is 0.368 e. The minimum absolute atomic E-state index is 0.762. The van der Waals surface area contributed by atoms with Crippen molar-refractivity contribution in [1.82, 2.24) is 4.90 Å². The van der Waals surface area contributed by atoms with Gasteiger partial charge in [-0.25, -0.2) is 0 Å². The van der Waals surface area contributed by atoms with Crippen molar-refractivity contribution < 1.29 is 4.79 Å². The van der Waals surface area contributed by atoms with Gasteiger partial charge in [-0.1, -0.05) is 17.7 Å². The van der Waals surface area contributed by atoms with Crippen LogP contribution < -0.4 is 4.90 Å². The monoisotopic (exact) mass is 238 g/mol. The van der Waals surface area contributed by atoms with Crippen LogP contribution >= 0.6 is 11.6 Å². The average molecular weight is 239 g/mol. The number of hydrogen-bond donors (Lipinski definition) is 0. The zero-order chi connectivity index (χ0) is 11.5. The molecule has 1 aliphatic rings. The second kappa shape index (κ2) is 4.74. The van der Waals surface area contributed by atoms with Crippen molar-refractivity contribution in [3.05, 3.63) is 28.8 Å². The van der Waals surface area contributed by atoms with Gasteiger partial charge in [-0.15, -0.1) is 0 Å². The molecule has 0 aromatic heterocycles. The lowest BCUT2D eigenvalue weighted by Crippen LogP contribution is -2.45. The zero-order valence-electron chi connectivity index (χ0n) is 9.32. The maximum absolute atomic E-state index is 10.6. The van der Waals surface area contributed by atoms with E-state index in [1.807, 2.05) is 18.2 Å². The molecule has 0 N–H and O–H groups in total. The molecule has 2 rings (SSSR count). The quantitative estimate of drug-likeness (QED) is 0.735. The second-order valence-electron chi connectivity index (χ2n) is 4.06. The highest BCUT2D eigenvalue weighted by Crippen LogP contribution is 2.24. The summed E-state index contributed by atoms with van der Waals surface area (Å²) in [6.45, 7) is 5.41. The summed E-state index contributed by atoms with van der Waals surface area (Å²) in [6, 6.07) is 5.93. The van der Waals surface area contributed by atoms with Crippen molar-refractivity contribution >= 4 is 23.7 Å². The van der Waals surface area contributed by atoms with Crippen molar-refractivity contribution in [2.45, 2.75) is 6.92 Å². The summed E-state index contributed by atoms with van der Waals surface area (Å²) in [5.74, 6) is 0. The van der Waals surface area contributed by atoms with E-state index in [1.165, 1.54) is 11.3 Å². The van der Waals surface area contributed by atoms with Crippen molar-refractivity contribution in [3.8, 4) is 0 Å². The van der Waals surface area contributed by atoms with Gasteiger partial charge in [0.15, 0.2) is 0 Å². The number of piperazine rings is 1. The van der Waals surface area contributed by atoms with Crippen LogP contribution in [0.5, 0.6) is 0 Å². The lowest BCUT2D eigenvalue weighted by molar-refractivity contribution is -0.118. The van der Waals surface area contributed by atoms with E-state index in [0.29, 0.717) is 0 Å². The second-order valence-corrected chi connectivity index (χ2v) is 4.50. The summed E-state index contributed by atoms with van der Waals surface area (Å²) in [7, 11) is 0. The minimum atomic E-state index is 0.762. The third kappa shape index (κ3) is 2.30. The summed E-state index contributed by atoms with van der Waals surface area (Å²) in [4.78, 5) is 14.7. The van der Waals surface area contributed by atoms with Gasteiger partial charge >= 0.3 is 0 Å². The highest BCUT2D eigenvalue weighted by molar-refractivity contribution is 6.30. The molecule has 1 fully saturated rings. The first-order chi connectivity index (χ1) is 7.70. The summed E-state index contributed by atoms with van der Waals surface area (Å²) >= 11 is 6.00. The van der Waals surface area contributed by atoms with Gasteiger partial charge in [0.05, 0.1) is 0 Å². The molecule has 0 atom stereocenters. The third-order valence-electron chi connectivity index (χ3n) is 2.98. The fraction of sp³-hybridized carbons (Fsp3) is 0.417. The van der Waals surface area contributed by atoms with E-state index in [4.69, 9.17) is 11.6 Å². The highest BCUT2D eigenvalue weighted by Gasteiger charge is 2.17. The Hall–Kier alpha value is -1.22. The number of carbonyl (C=O) groups is 1. The molecular weight excluding hydrogens is 224 g/mol. The first-order valence-electron chi connectivity index (χ1n) is 5.41. The number of nitrogens with zero attached hydrogens (tertiary/aromatic N) is 2. The van der Waals surface area contributed by atoms with Crippen LogP contribution in [0.4, 0.5) is 5.69 Å². The number of halogens is 1. The molecule has 0 bridgehead atoms. The molecule has 0 aliphatic carbocycles. The Morgan fingerprint density at radius 2 is 1.94 bits per heavy atom. The smallest absolute Gasteiger partial charge is 0.209 e. The van der Waals surface area contributed by atoms with Crippen molar-refractivity contribution in [1.29, 1.82) is 0 Å². The van der Waals surface area contributed by atoms with Gasteiger partial charge in [0.1, 0.15) is 0 Å². The number of rotatable bonds is 2. The van der Waals surface area contributed by atoms with E-state index in [-0.39, 0.29) is 0 Å². The number of anilines is 1. The molecule has 3 nitrogen and oxygen atoms in total. The Kier molecular flexibility index (Phi) is 3.34. The fourth-order valence-corrected chi connectivity index (χ4v) is 2.16. The Labute approximate surface area is 101 Å². The molecule has 0 unspecified atom stereocenters. The molecule has 0 radical (unpaired) electrons. The van der Waals surface area contributed by atoms with E-state index < -0.39 is 0 Å². The van der Waals surface area contributed by atoms with Crippen molar-refractivity contribution in [2.75, 3.05) is 31.1 Å². The van der Waals surface area contributed by atoms with Gasteiger partial charge < -0.3 is 9.80 Å². The molecule has 0 spiro atoms. The highest BCUT2D eigenvalue weighted by atomic mass is 35.5. The van der Waals surface area contributed by atoms with Crippen LogP contribution in [0.1, 0.15) is 5.56 Å². The molecule has 1 aromatic carbocycles. The summed E-state index contributed by atoms with van der Waals surface area (Å²) in [5, 5.41) is 0.762. The first kappa shape index (κ1) is 11.3. The maximum Gasteiger partial charge on any atom is 0.209 e. The van der Waals surface area contributed by atoms with E-state index in [2.05, 4.69) is 11.8 Å². The first-order valence-corrected chi connectivity index (χ1v) is 5.79. The van der Waals surface area contributed by atoms with E-state index in [1.54, 1.807) is 4.90 Å². The number of aryl methyl sites for hydroxylation is 1. The van der Waals surface area contributed by atoms with Gasteiger partial charge in [0.25, 0.3) is 0 Å². The van der Waals surface area contributed by atoms with Crippen molar-refractivity contribution in [2.24, 2.45) is 0 Å². The molecule has 4 heteroatoms. The minimum Gasteiger partial charge on any atom is -0.368 e. The van der Waals surface area contributed by atoms with Gasteiger partial charge in [-0.2, -0.15) is 0 Å². The molecule has 1 aromatic rings. The molecular formula is C12H15ClN2O. The number of benzene rings is 1. The van der Waals surface area contributed by atoms with Crippen LogP contribution in [-0.2, 0) is 4.79 Å². The molecule has 1 amide bonds. The summed E-state index contributed by atoms with van der Waals surface area (Å²) < 4.78 is 0. The van der Waals surface area contributed by atoms with Crippen LogP contribution in [0.25, 0.3) is 0 Å². The van der Waals surface area contributed by atoms with E-state index >= 15 is 0 Å².